The summed E-state index contributed by atoms with van der Waals surface area (Å²) in [5.41, 5.74) is 0. The van der Waals surface area contributed by atoms with Crippen molar-refractivity contribution >= 4 is 18.0 Å². The van der Waals surface area contributed by atoms with Crippen LogP contribution in [-0.4, -0.2) is 68.2 Å². The number of carbonyl (C=O) groups excluding carboxylic acids is 1. The predicted octanol–water partition coefficient (Wildman–Crippen LogP) is 0.467. The zero-order valence-corrected chi connectivity index (χ0v) is 14.1. The van der Waals surface area contributed by atoms with Gasteiger partial charge in [0.25, 0.3) is 0 Å². The molecule has 23 heavy (non-hydrogen) atoms. The molecular weight excluding hydrogens is 304 g/mol. The summed E-state index contributed by atoms with van der Waals surface area (Å²) in [5.74, 6) is 0.762. The number of amides is 1. The van der Waals surface area contributed by atoms with Gasteiger partial charge in [-0.1, -0.05) is 0 Å². The van der Waals surface area contributed by atoms with Gasteiger partial charge in [0, 0.05) is 20.2 Å². The van der Waals surface area contributed by atoms with Gasteiger partial charge in [-0.05, 0) is 13.8 Å². The summed E-state index contributed by atoms with van der Waals surface area (Å²) in [6.07, 6.45) is -0.494. The third-order valence-corrected chi connectivity index (χ3v) is 2.76. The number of hydrogen-bond donors (Lipinski definition) is 2. The second-order valence-corrected chi connectivity index (χ2v) is 4.74. The van der Waals surface area contributed by atoms with E-state index in [4.69, 9.17) is 14.2 Å². The Balaban J connectivity index is 2.79. The van der Waals surface area contributed by atoms with Gasteiger partial charge in [-0.3, -0.25) is 0 Å². The molecule has 0 aliphatic heterocycles. The number of hydrogen-bond acceptors (Lipinski definition) is 9. The SMILES string of the molecule is CNC(=O)OCCNc1nc(OC)nc(N(COC)C(C)C)n1. The van der Waals surface area contributed by atoms with E-state index in [2.05, 4.69) is 25.6 Å². The minimum absolute atomic E-state index is 0.131. The standard InChI is InChI=1S/C13H24N6O4/c1-9(2)19(8-21-4)11-16-10(17-12(18-11)22-5)15-6-7-23-13(20)14-3/h9H,6-8H2,1-5H3,(H,14,20)(H,15,16,17,18). The van der Waals surface area contributed by atoms with Crippen molar-refractivity contribution in [3.8, 4) is 6.01 Å². The van der Waals surface area contributed by atoms with Crippen molar-refractivity contribution in [3.05, 3.63) is 0 Å². The average molecular weight is 328 g/mol. The van der Waals surface area contributed by atoms with Gasteiger partial charge in [0.15, 0.2) is 0 Å². The van der Waals surface area contributed by atoms with Crippen molar-refractivity contribution < 1.29 is 19.0 Å². The predicted molar refractivity (Wildman–Crippen MR) is 84.8 cm³/mol. The molecular formula is C13H24N6O4. The summed E-state index contributed by atoms with van der Waals surface area (Å²) in [4.78, 5) is 25.5. The lowest BCUT2D eigenvalue weighted by atomic mass is 10.3. The fourth-order valence-corrected chi connectivity index (χ4v) is 1.60. The zero-order valence-electron chi connectivity index (χ0n) is 14.1. The van der Waals surface area contributed by atoms with Gasteiger partial charge < -0.3 is 29.7 Å². The van der Waals surface area contributed by atoms with E-state index in [9.17, 15) is 4.79 Å². The maximum Gasteiger partial charge on any atom is 0.406 e. The van der Waals surface area contributed by atoms with Crippen LogP contribution in [0, 0.1) is 0 Å². The van der Waals surface area contributed by atoms with Crippen LogP contribution in [0.2, 0.25) is 0 Å². The van der Waals surface area contributed by atoms with Crippen molar-refractivity contribution in [1.82, 2.24) is 20.3 Å². The topological polar surface area (TPSA) is 111 Å². The molecule has 10 nitrogen and oxygen atoms in total. The minimum Gasteiger partial charge on any atom is -0.467 e. The molecule has 0 aromatic carbocycles. The lowest BCUT2D eigenvalue weighted by Crippen LogP contribution is -2.34. The molecule has 0 radical (unpaired) electrons. The molecule has 0 saturated heterocycles. The summed E-state index contributed by atoms with van der Waals surface area (Å²) in [6.45, 7) is 4.87. The smallest absolute Gasteiger partial charge is 0.406 e. The molecule has 0 bridgehead atoms. The van der Waals surface area contributed by atoms with Crippen molar-refractivity contribution in [1.29, 1.82) is 0 Å². The van der Waals surface area contributed by atoms with Gasteiger partial charge in [-0.25, -0.2) is 4.79 Å². The number of anilines is 2. The third-order valence-electron chi connectivity index (χ3n) is 2.76. The van der Waals surface area contributed by atoms with Gasteiger partial charge in [0.2, 0.25) is 11.9 Å². The first-order chi connectivity index (χ1) is 11.0. The number of ether oxygens (including phenoxy) is 3. The van der Waals surface area contributed by atoms with Crippen LogP contribution in [0.25, 0.3) is 0 Å². The highest BCUT2D eigenvalue weighted by molar-refractivity contribution is 5.66. The maximum absolute atomic E-state index is 11.0. The minimum atomic E-state index is -0.494. The van der Waals surface area contributed by atoms with Crippen LogP contribution in [0.15, 0.2) is 0 Å². The zero-order chi connectivity index (χ0) is 17.2. The van der Waals surface area contributed by atoms with Crippen LogP contribution in [0.1, 0.15) is 13.8 Å². The molecule has 0 fully saturated rings. The molecule has 0 aliphatic carbocycles. The number of nitrogens with zero attached hydrogens (tertiary/aromatic N) is 4. The third kappa shape index (κ3) is 6.10. The lowest BCUT2D eigenvalue weighted by Gasteiger charge is -2.25. The molecule has 0 unspecified atom stereocenters. The summed E-state index contributed by atoms with van der Waals surface area (Å²) in [5, 5.41) is 5.32. The largest absolute Gasteiger partial charge is 0.467 e. The maximum atomic E-state index is 11.0. The van der Waals surface area contributed by atoms with Crippen LogP contribution in [0.5, 0.6) is 6.01 Å². The normalized spacial score (nSPS) is 10.3. The Morgan fingerprint density at radius 2 is 2.00 bits per heavy atom. The fraction of sp³-hybridized carbons (Fsp3) is 0.692. The average Bonchev–Trinajstić information content (AvgIpc) is 2.55. The van der Waals surface area contributed by atoms with E-state index in [0.29, 0.717) is 25.2 Å². The Hall–Kier alpha value is -2.36. The number of aromatic nitrogens is 3. The molecule has 0 aliphatic rings. The number of methoxy groups -OCH3 is 2. The Kier molecular flexibility index (Phi) is 7.81. The Labute approximate surface area is 135 Å². The molecule has 1 aromatic heterocycles. The Morgan fingerprint density at radius 1 is 1.26 bits per heavy atom. The number of rotatable bonds is 9. The van der Waals surface area contributed by atoms with Gasteiger partial charge in [-0.15, -0.1) is 0 Å². The summed E-state index contributed by atoms with van der Waals surface area (Å²) >= 11 is 0. The highest BCUT2D eigenvalue weighted by atomic mass is 16.5. The molecule has 0 atom stereocenters. The van der Waals surface area contributed by atoms with Crippen molar-refractivity contribution in [2.24, 2.45) is 0 Å². The highest BCUT2D eigenvalue weighted by Gasteiger charge is 2.16. The van der Waals surface area contributed by atoms with E-state index in [1.807, 2.05) is 18.7 Å². The van der Waals surface area contributed by atoms with Crippen LogP contribution in [0.4, 0.5) is 16.7 Å². The van der Waals surface area contributed by atoms with Crippen LogP contribution < -0.4 is 20.3 Å². The molecule has 1 rings (SSSR count). The first kappa shape index (κ1) is 18.7. The fourth-order valence-electron chi connectivity index (χ4n) is 1.60. The summed E-state index contributed by atoms with van der Waals surface area (Å²) in [6, 6.07) is 0.318. The monoisotopic (exact) mass is 328 g/mol. The van der Waals surface area contributed by atoms with Gasteiger partial charge >= 0.3 is 12.1 Å². The van der Waals surface area contributed by atoms with Crippen molar-refractivity contribution in [2.45, 2.75) is 19.9 Å². The summed E-state index contributed by atoms with van der Waals surface area (Å²) < 4.78 is 15.1. The molecule has 1 heterocycles. The second kappa shape index (κ2) is 9.62. The van der Waals surface area contributed by atoms with E-state index in [1.54, 1.807) is 7.11 Å². The molecule has 0 spiro atoms. The highest BCUT2D eigenvalue weighted by Crippen LogP contribution is 2.16. The van der Waals surface area contributed by atoms with Gasteiger partial charge in [0.05, 0.1) is 13.7 Å². The first-order valence-corrected chi connectivity index (χ1v) is 7.15. The molecule has 0 saturated carbocycles. The van der Waals surface area contributed by atoms with Crippen molar-refractivity contribution in [2.75, 3.05) is 51.4 Å². The quantitative estimate of drug-likeness (QED) is 0.493. The first-order valence-electron chi connectivity index (χ1n) is 7.15. The van der Waals surface area contributed by atoms with Crippen LogP contribution in [-0.2, 0) is 9.47 Å². The molecule has 130 valence electrons. The van der Waals surface area contributed by atoms with E-state index >= 15 is 0 Å². The van der Waals surface area contributed by atoms with Crippen LogP contribution >= 0.6 is 0 Å². The molecule has 2 N–H and O–H groups in total. The van der Waals surface area contributed by atoms with Gasteiger partial charge in [0.1, 0.15) is 13.3 Å². The van der Waals surface area contributed by atoms with E-state index < -0.39 is 6.09 Å². The van der Waals surface area contributed by atoms with Crippen molar-refractivity contribution in [3.63, 3.8) is 0 Å². The van der Waals surface area contributed by atoms with E-state index in [1.165, 1.54) is 14.2 Å². The Bertz CT molecular complexity index is 499. The van der Waals surface area contributed by atoms with Crippen LogP contribution in [0.3, 0.4) is 0 Å². The summed E-state index contributed by atoms with van der Waals surface area (Å²) in [7, 11) is 4.58. The lowest BCUT2D eigenvalue weighted by molar-refractivity contribution is 0.153. The number of carbonyl (C=O) groups is 1. The molecule has 10 heteroatoms. The number of nitrogens with one attached hydrogen (secondary N) is 2. The van der Waals surface area contributed by atoms with E-state index in [0.717, 1.165) is 0 Å². The second-order valence-electron chi connectivity index (χ2n) is 4.74. The number of alkyl carbamates (subject to hydrolysis) is 1. The molecule has 1 amide bonds. The molecule has 1 aromatic rings. The van der Waals surface area contributed by atoms with Gasteiger partial charge in [-0.2, -0.15) is 15.0 Å². The Morgan fingerprint density at radius 3 is 2.57 bits per heavy atom. The van der Waals surface area contributed by atoms with E-state index in [-0.39, 0.29) is 18.7 Å².